The summed E-state index contributed by atoms with van der Waals surface area (Å²) in [6.07, 6.45) is 0. The van der Waals surface area contributed by atoms with Gasteiger partial charge in [-0.3, -0.25) is 4.79 Å². The largest absolute Gasteiger partial charge is 0.477 e. The third-order valence-corrected chi connectivity index (χ3v) is 5.16. The lowest BCUT2D eigenvalue weighted by atomic mass is 9.97. The van der Waals surface area contributed by atoms with E-state index < -0.39 is 5.97 Å². The van der Waals surface area contributed by atoms with Gasteiger partial charge in [-0.25, -0.2) is 4.79 Å². The number of aromatic nitrogens is 1. The van der Waals surface area contributed by atoms with Gasteiger partial charge in [0.1, 0.15) is 11.8 Å². The third kappa shape index (κ3) is 3.83. The quantitative estimate of drug-likeness (QED) is 0.640. The van der Waals surface area contributed by atoms with Gasteiger partial charge in [0.15, 0.2) is 0 Å². The molecule has 0 unspecified atom stereocenters. The minimum atomic E-state index is -1.07. The summed E-state index contributed by atoms with van der Waals surface area (Å²) in [5.41, 5.74) is 4.72. The van der Waals surface area contributed by atoms with Gasteiger partial charge in [-0.2, -0.15) is 5.26 Å². The summed E-state index contributed by atoms with van der Waals surface area (Å²) >= 11 is 0. The topological polar surface area (TPSA) is 95.1 Å². The summed E-state index contributed by atoms with van der Waals surface area (Å²) in [7, 11) is 1.65. The van der Waals surface area contributed by atoms with Crippen LogP contribution >= 0.6 is 0 Å². The standard InChI is InChI=1S/C24H23N3O3/c1-14(2)23(28)26-19-7-5-6-18(12-19)16-8-10-17(11-9-16)21-20(13-25)15(3)27(4)22(21)24(29)30/h5-12,14H,1-4H3,(H,26,28)(H,29,30). The number of benzene rings is 2. The lowest BCUT2D eigenvalue weighted by molar-refractivity contribution is -0.118. The lowest BCUT2D eigenvalue weighted by Gasteiger charge is -2.10. The molecule has 0 fully saturated rings. The van der Waals surface area contributed by atoms with Gasteiger partial charge in [0, 0.05) is 29.9 Å². The zero-order valence-corrected chi connectivity index (χ0v) is 17.4. The van der Waals surface area contributed by atoms with Crippen LogP contribution in [0.1, 0.15) is 35.6 Å². The molecule has 0 saturated carbocycles. The fourth-order valence-electron chi connectivity index (χ4n) is 3.36. The molecule has 0 atom stereocenters. The molecule has 30 heavy (non-hydrogen) atoms. The first-order valence-corrected chi connectivity index (χ1v) is 9.59. The number of amides is 1. The molecule has 0 radical (unpaired) electrons. The van der Waals surface area contributed by atoms with E-state index in [4.69, 9.17) is 0 Å². The predicted octanol–water partition coefficient (Wildman–Crippen LogP) is 4.83. The van der Waals surface area contributed by atoms with Crippen LogP contribution < -0.4 is 5.32 Å². The van der Waals surface area contributed by atoms with Crippen molar-refractivity contribution >= 4 is 17.6 Å². The molecule has 0 aliphatic heterocycles. The Morgan fingerprint density at radius 2 is 1.70 bits per heavy atom. The molecule has 0 aliphatic carbocycles. The number of rotatable bonds is 5. The monoisotopic (exact) mass is 401 g/mol. The molecule has 0 saturated heterocycles. The van der Waals surface area contributed by atoms with Gasteiger partial charge in [-0.1, -0.05) is 50.2 Å². The summed E-state index contributed by atoms with van der Waals surface area (Å²) in [5, 5.41) is 22.1. The third-order valence-electron chi connectivity index (χ3n) is 5.16. The maximum atomic E-state index is 12.0. The number of nitrogens with zero attached hydrogens (tertiary/aromatic N) is 2. The molecular weight excluding hydrogens is 378 g/mol. The van der Waals surface area contributed by atoms with Crippen molar-refractivity contribution in [2.75, 3.05) is 5.32 Å². The van der Waals surface area contributed by atoms with Crippen molar-refractivity contribution in [1.82, 2.24) is 4.57 Å². The van der Waals surface area contributed by atoms with Crippen molar-refractivity contribution in [1.29, 1.82) is 5.26 Å². The van der Waals surface area contributed by atoms with E-state index in [0.717, 1.165) is 11.1 Å². The Balaban J connectivity index is 2.00. The van der Waals surface area contributed by atoms with E-state index in [1.165, 1.54) is 4.57 Å². The molecule has 3 rings (SSSR count). The number of carboxylic acid groups (broad SMARTS) is 1. The number of hydrogen-bond acceptors (Lipinski definition) is 3. The first-order chi connectivity index (χ1) is 14.2. The number of nitriles is 1. The molecule has 152 valence electrons. The number of carboxylic acids is 1. The number of hydrogen-bond donors (Lipinski definition) is 2. The highest BCUT2D eigenvalue weighted by Crippen LogP contribution is 2.33. The van der Waals surface area contributed by atoms with Gasteiger partial charge in [0.2, 0.25) is 5.91 Å². The van der Waals surface area contributed by atoms with Gasteiger partial charge < -0.3 is 15.0 Å². The fraction of sp³-hybridized carbons (Fsp3) is 0.208. The number of anilines is 1. The molecule has 1 aromatic heterocycles. The summed E-state index contributed by atoms with van der Waals surface area (Å²) in [4.78, 5) is 23.7. The Bertz CT molecular complexity index is 1170. The van der Waals surface area contributed by atoms with E-state index in [-0.39, 0.29) is 17.5 Å². The van der Waals surface area contributed by atoms with Gasteiger partial charge in [0.25, 0.3) is 0 Å². The summed E-state index contributed by atoms with van der Waals surface area (Å²) in [5.74, 6) is -1.23. The van der Waals surface area contributed by atoms with Gasteiger partial charge >= 0.3 is 5.97 Å². The zero-order valence-electron chi connectivity index (χ0n) is 17.4. The number of carbonyl (C=O) groups is 2. The molecule has 2 N–H and O–H groups in total. The smallest absolute Gasteiger partial charge is 0.353 e. The Kier molecular flexibility index (Phi) is 5.74. The molecule has 6 heteroatoms. The fourth-order valence-corrected chi connectivity index (χ4v) is 3.36. The Hall–Kier alpha value is -3.85. The first-order valence-electron chi connectivity index (χ1n) is 9.59. The lowest BCUT2D eigenvalue weighted by Crippen LogP contribution is -2.17. The van der Waals surface area contributed by atoms with Crippen molar-refractivity contribution in [3.63, 3.8) is 0 Å². The second kappa shape index (κ2) is 8.26. The van der Waals surface area contributed by atoms with Crippen molar-refractivity contribution in [2.45, 2.75) is 20.8 Å². The van der Waals surface area contributed by atoms with Crippen LogP contribution in [-0.2, 0) is 11.8 Å². The summed E-state index contributed by atoms with van der Waals surface area (Å²) in [6.45, 7) is 5.41. The highest BCUT2D eigenvalue weighted by molar-refractivity contribution is 5.97. The second-order valence-electron chi connectivity index (χ2n) is 7.46. The minimum Gasteiger partial charge on any atom is -0.477 e. The molecule has 6 nitrogen and oxygen atoms in total. The van der Waals surface area contributed by atoms with Crippen LogP contribution in [0.25, 0.3) is 22.3 Å². The minimum absolute atomic E-state index is 0.0489. The van der Waals surface area contributed by atoms with Crippen LogP contribution in [0.2, 0.25) is 0 Å². The van der Waals surface area contributed by atoms with Crippen molar-refractivity contribution in [3.05, 3.63) is 65.5 Å². The Morgan fingerprint density at radius 1 is 1.07 bits per heavy atom. The van der Waals surface area contributed by atoms with E-state index in [1.54, 1.807) is 14.0 Å². The number of nitrogens with one attached hydrogen (secondary N) is 1. The van der Waals surface area contributed by atoms with E-state index in [9.17, 15) is 20.0 Å². The Morgan fingerprint density at radius 3 is 2.27 bits per heavy atom. The zero-order chi connectivity index (χ0) is 22.0. The maximum Gasteiger partial charge on any atom is 0.353 e. The molecule has 0 aliphatic rings. The van der Waals surface area contributed by atoms with Crippen LogP contribution in [0.15, 0.2) is 48.5 Å². The molecule has 2 aromatic carbocycles. The molecule has 0 spiro atoms. The van der Waals surface area contributed by atoms with Crippen LogP contribution in [0.5, 0.6) is 0 Å². The SMILES string of the molecule is Cc1c(C#N)c(-c2ccc(-c3cccc(NC(=O)C(C)C)c3)cc2)c(C(=O)O)n1C. The highest BCUT2D eigenvalue weighted by Gasteiger charge is 2.24. The molecular formula is C24H23N3O3. The highest BCUT2D eigenvalue weighted by atomic mass is 16.4. The van der Waals surface area contributed by atoms with Crippen LogP contribution in [-0.4, -0.2) is 21.6 Å². The average molecular weight is 401 g/mol. The van der Waals surface area contributed by atoms with E-state index in [0.29, 0.717) is 28.1 Å². The molecule has 3 aromatic rings. The normalized spacial score (nSPS) is 10.7. The molecule has 1 amide bonds. The van der Waals surface area contributed by atoms with Crippen LogP contribution in [0.4, 0.5) is 5.69 Å². The van der Waals surface area contributed by atoms with Crippen molar-refractivity contribution in [3.8, 4) is 28.3 Å². The van der Waals surface area contributed by atoms with Gasteiger partial charge in [-0.05, 0) is 35.7 Å². The average Bonchev–Trinajstić information content (AvgIpc) is 2.98. The van der Waals surface area contributed by atoms with E-state index in [2.05, 4.69) is 11.4 Å². The summed E-state index contributed by atoms with van der Waals surface area (Å²) < 4.78 is 1.53. The first kappa shape index (κ1) is 20.9. The maximum absolute atomic E-state index is 12.0. The van der Waals surface area contributed by atoms with Gasteiger partial charge in [-0.15, -0.1) is 0 Å². The van der Waals surface area contributed by atoms with Crippen LogP contribution in [0, 0.1) is 24.2 Å². The van der Waals surface area contributed by atoms with E-state index >= 15 is 0 Å². The number of aromatic carboxylic acids is 1. The summed E-state index contributed by atoms with van der Waals surface area (Å²) in [6, 6.07) is 17.1. The van der Waals surface area contributed by atoms with Crippen molar-refractivity contribution < 1.29 is 14.7 Å². The van der Waals surface area contributed by atoms with E-state index in [1.807, 2.05) is 62.4 Å². The van der Waals surface area contributed by atoms with Gasteiger partial charge in [0.05, 0.1) is 5.56 Å². The van der Waals surface area contributed by atoms with Crippen LogP contribution in [0.3, 0.4) is 0 Å². The second-order valence-corrected chi connectivity index (χ2v) is 7.46. The predicted molar refractivity (Wildman–Crippen MR) is 116 cm³/mol. The number of carbonyl (C=O) groups excluding carboxylic acids is 1. The Labute approximate surface area is 175 Å². The molecule has 0 bridgehead atoms. The van der Waals surface area contributed by atoms with Crippen molar-refractivity contribution in [2.24, 2.45) is 13.0 Å². The molecule has 1 heterocycles.